The minimum atomic E-state index is -0.835. The first-order valence-corrected chi connectivity index (χ1v) is 7.20. The van der Waals surface area contributed by atoms with Crippen LogP contribution >= 0.6 is 0 Å². The summed E-state index contributed by atoms with van der Waals surface area (Å²) in [4.78, 5) is 27.8. The zero-order valence-electron chi connectivity index (χ0n) is 11.9. The van der Waals surface area contributed by atoms with Gasteiger partial charge in [0.25, 0.3) is 0 Å². The predicted molar refractivity (Wildman–Crippen MR) is 74.9 cm³/mol. The first kappa shape index (κ1) is 14.9. The predicted octanol–water partition coefficient (Wildman–Crippen LogP) is 0.511. The van der Waals surface area contributed by atoms with Crippen LogP contribution in [0.15, 0.2) is 0 Å². The molecule has 1 heterocycles. The molecule has 0 spiro atoms. The van der Waals surface area contributed by atoms with Gasteiger partial charge in [0.15, 0.2) is 0 Å². The van der Waals surface area contributed by atoms with E-state index in [4.69, 9.17) is 6.42 Å². The molecule has 0 aromatic rings. The maximum atomic E-state index is 12.5. The topological polar surface area (TPSA) is 60.9 Å². The van der Waals surface area contributed by atoms with Gasteiger partial charge in [0.1, 0.15) is 0 Å². The summed E-state index contributed by atoms with van der Waals surface area (Å²) in [6.45, 7) is 5.48. The van der Waals surface area contributed by atoms with Crippen molar-refractivity contribution in [1.82, 2.24) is 9.80 Å². The van der Waals surface area contributed by atoms with Crippen LogP contribution in [-0.4, -0.2) is 59.5 Å². The van der Waals surface area contributed by atoms with Crippen LogP contribution in [0.4, 0.5) is 0 Å². The molecule has 1 unspecified atom stereocenters. The molecule has 1 amide bonds. The summed E-state index contributed by atoms with van der Waals surface area (Å²) in [6, 6.07) is 0. The first-order chi connectivity index (χ1) is 9.52. The minimum absolute atomic E-state index is 0.0158. The SMILES string of the molecule is C#CCN1CCN(C(=O)[C@H]2CC(C)C[C@H]2C(=O)O)CC1. The van der Waals surface area contributed by atoms with Crippen molar-refractivity contribution in [2.45, 2.75) is 19.8 Å². The van der Waals surface area contributed by atoms with E-state index in [1.807, 2.05) is 11.8 Å². The van der Waals surface area contributed by atoms with Crippen LogP contribution in [0.3, 0.4) is 0 Å². The number of terminal acetylenes is 1. The van der Waals surface area contributed by atoms with Gasteiger partial charge in [-0.25, -0.2) is 0 Å². The molecular weight excluding hydrogens is 256 g/mol. The summed E-state index contributed by atoms with van der Waals surface area (Å²) < 4.78 is 0. The van der Waals surface area contributed by atoms with Crippen LogP contribution in [-0.2, 0) is 9.59 Å². The van der Waals surface area contributed by atoms with Crippen LogP contribution in [0.1, 0.15) is 19.8 Å². The van der Waals surface area contributed by atoms with Crippen molar-refractivity contribution in [2.24, 2.45) is 17.8 Å². The molecule has 5 heteroatoms. The summed E-state index contributed by atoms with van der Waals surface area (Å²) >= 11 is 0. The zero-order valence-corrected chi connectivity index (χ0v) is 11.9. The average molecular weight is 278 g/mol. The van der Waals surface area contributed by atoms with E-state index in [0.717, 1.165) is 13.1 Å². The van der Waals surface area contributed by atoms with Gasteiger partial charge in [0, 0.05) is 26.2 Å². The number of carboxylic acids is 1. The molecule has 3 atom stereocenters. The Bertz CT molecular complexity index is 421. The summed E-state index contributed by atoms with van der Waals surface area (Å²) in [5.74, 6) is 1.24. The number of amides is 1. The molecule has 5 nitrogen and oxygen atoms in total. The fourth-order valence-corrected chi connectivity index (χ4v) is 3.33. The van der Waals surface area contributed by atoms with Gasteiger partial charge in [-0.2, -0.15) is 0 Å². The van der Waals surface area contributed by atoms with E-state index in [1.165, 1.54) is 0 Å². The lowest BCUT2D eigenvalue weighted by Crippen LogP contribution is -2.51. The quantitative estimate of drug-likeness (QED) is 0.764. The third-order valence-electron chi connectivity index (χ3n) is 4.43. The lowest BCUT2D eigenvalue weighted by atomic mass is 9.94. The van der Waals surface area contributed by atoms with Crippen LogP contribution in [0.25, 0.3) is 0 Å². The molecule has 2 rings (SSSR count). The number of nitrogens with zero attached hydrogens (tertiary/aromatic N) is 2. The van der Waals surface area contributed by atoms with Crippen molar-refractivity contribution in [1.29, 1.82) is 0 Å². The lowest BCUT2D eigenvalue weighted by molar-refractivity contribution is -0.149. The third-order valence-corrected chi connectivity index (χ3v) is 4.43. The van der Waals surface area contributed by atoms with Crippen molar-refractivity contribution in [3.05, 3.63) is 0 Å². The normalized spacial score (nSPS) is 31.0. The number of rotatable bonds is 3. The molecular formula is C15H22N2O3. The van der Waals surface area contributed by atoms with E-state index >= 15 is 0 Å². The van der Waals surface area contributed by atoms with Crippen LogP contribution in [0, 0.1) is 30.1 Å². The van der Waals surface area contributed by atoms with E-state index < -0.39 is 11.9 Å². The van der Waals surface area contributed by atoms with Gasteiger partial charge >= 0.3 is 5.97 Å². The third kappa shape index (κ3) is 3.13. The first-order valence-electron chi connectivity index (χ1n) is 7.20. The molecule has 0 radical (unpaired) electrons. The molecule has 20 heavy (non-hydrogen) atoms. The van der Waals surface area contributed by atoms with Crippen molar-refractivity contribution in [2.75, 3.05) is 32.7 Å². The molecule has 0 bridgehead atoms. The van der Waals surface area contributed by atoms with E-state index in [2.05, 4.69) is 10.8 Å². The average Bonchev–Trinajstić information content (AvgIpc) is 2.81. The molecule has 0 aromatic carbocycles. The maximum absolute atomic E-state index is 12.5. The number of carbonyl (C=O) groups is 2. The highest BCUT2D eigenvalue weighted by molar-refractivity contribution is 5.85. The van der Waals surface area contributed by atoms with Crippen molar-refractivity contribution in [3.8, 4) is 12.3 Å². The Labute approximate surface area is 119 Å². The Morgan fingerprint density at radius 2 is 1.80 bits per heavy atom. The van der Waals surface area contributed by atoms with Crippen LogP contribution in [0.5, 0.6) is 0 Å². The summed E-state index contributed by atoms with van der Waals surface area (Å²) in [5, 5.41) is 9.26. The molecule has 2 fully saturated rings. The summed E-state index contributed by atoms with van der Waals surface area (Å²) in [7, 11) is 0. The lowest BCUT2D eigenvalue weighted by Gasteiger charge is -2.35. The Morgan fingerprint density at radius 3 is 2.35 bits per heavy atom. The molecule has 1 aliphatic carbocycles. The molecule has 1 saturated carbocycles. The van der Waals surface area contributed by atoms with E-state index in [9.17, 15) is 14.7 Å². The van der Waals surface area contributed by atoms with Gasteiger partial charge in [-0.1, -0.05) is 12.8 Å². The molecule has 2 aliphatic rings. The minimum Gasteiger partial charge on any atom is -0.481 e. The molecule has 1 saturated heterocycles. The maximum Gasteiger partial charge on any atom is 0.307 e. The van der Waals surface area contributed by atoms with Crippen molar-refractivity contribution < 1.29 is 14.7 Å². The van der Waals surface area contributed by atoms with Crippen molar-refractivity contribution in [3.63, 3.8) is 0 Å². The fourth-order valence-electron chi connectivity index (χ4n) is 3.33. The van der Waals surface area contributed by atoms with Gasteiger partial charge in [-0.05, 0) is 18.8 Å². The zero-order chi connectivity index (χ0) is 14.7. The van der Waals surface area contributed by atoms with Gasteiger partial charge in [0.2, 0.25) is 5.91 Å². The largest absolute Gasteiger partial charge is 0.481 e. The highest BCUT2D eigenvalue weighted by atomic mass is 16.4. The highest BCUT2D eigenvalue weighted by Crippen LogP contribution is 2.37. The number of aliphatic carboxylic acids is 1. The second kappa shape index (κ2) is 6.27. The smallest absolute Gasteiger partial charge is 0.307 e. The van der Waals surface area contributed by atoms with Crippen LogP contribution in [0.2, 0.25) is 0 Å². The van der Waals surface area contributed by atoms with Gasteiger partial charge in [-0.15, -0.1) is 6.42 Å². The number of carbonyl (C=O) groups excluding carboxylic acids is 1. The van der Waals surface area contributed by atoms with E-state index in [1.54, 1.807) is 0 Å². The Kier molecular flexibility index (Phi) is 4.66. The van der Waals surface area contributed by atoms with E-state index in [-0.39, 0.29) is 11.8 Å². The molecule has 1 aliphatic heterocycles. The number of carboxylic acid groups (broad SMARTS) is 1. The molecule has 0 aromatic heterocycles. The number of hydrogen-bond donors (Lipinski definition) is 1. The van der Waals surface area contributed by atoms with E-state index in [0.29, 0.717) is 38.4 Å². The van der Waals surface area contributed by atoms with Gasteiger partial charge < -0.3 is 10.0 Å². The van der Waals surface area contributed by atoms with Gasteiger partial charge in [0.05, 0.1) is 18.4 Å². The standard InChI is InChI=1S/C15H22N2O3/c1-3-4-16-5-7-17(8-6-16)14(18)12-9-11(2)10-13(12)15(19)20/h1,11-13H,4-10H2,2H3,(H,19,20)/t11?,12-,13+/m0/s1. The van der Waals surface area contributed by atoms with Crippen LogP contribution < -0.4 is 0 Å². The number of hydrogen-bond acceptors (Lipinski definition) is 3. The second-order valence-electron chi connectivity index (χ2n) is 5.93. The summed E-state index contributed by atoms with van der Waals surface area (Å²) in [6.07, 6.45) is 6.59. The fraction of sp³-hybridized carbons (Fsp3) is 0.733. The molecule has 110 valence electrons. The van der Waals surface area contributed by atoms with Gasteiger partial charge in [-0.3, -0.25) is 14.5 Å². The molecule has 1 N–H and O–H groups in total. The number of piperazine rings is 1. The Morgan fingerprint density at radius 1 is 1.20 bits per heavy atom. The summed E-state index contributed by atoms with van der Waals surface area (Å²) in [5.41, 5.74) is 0. The monoisotopic (exact) mass is 278 g/mol. The Hall–Kier alpha value is -1.54. The van der Waals surface area contributed by atoms with Crippen molar-refractivity contribution >= 4 is 11.9 Å². The second-order valence-corrected chi connectivity index (χ2v) is 5.93. The Balaban J connectivity index is 1.95. The highest BCUT2D eigenvalue weighted by Gasteiger charge is 2.43.